The van der Waals surface area contributed by atoms with Crippen molar-refractivity contribution in [1.82, 2.24) is 10.6 Å². The van der Waals surface area contributed by atoms with Crippen LogP contribution in [0.5, 0.6) is 0 Å². The van der Waals surface area contributed by atoms with E-state index < -0.39 is 24.0 Å². The Bertz CT molecular complexity index is 345. The number of hydrogen-bond donors (Lipinski definition) is 4. The average molecular weight is 288 g/mol. The molecule has 0 spiro atoms. The van der Waals surface area contributed by atoms with Crippen molar-refractivity contribution < 1.29 is 29.3 Å². The Morgan fingerprint density at radius 1 is 1.25 bits per heavy atom. The van der Waals surface area contributed by atoms with Crippen molar-refractivity contribution in [2.75, 3.05) is 19.8 Å². The zero-order valence-electron chi connectivity index (χ0n) is 11.1. The molecule has 0 saturated carbocycles. The molecule has 0 aliphatic carbocycles. The van der Waals surface area contributed by atoms with E-state index in [2.05, 4.69) is 17.2 Å². The van der Waals surface area contributed by atoms with Gasteiger partial charge in [-0.05, 0) is 12.8 Å². The lowest BCUT2D eigenvalue weighted by atomic mass is 10.1. The van der Waals surface area contributed by atoms with Crippen LogP contribution in [0.25, 0.3) is 0 Å². The molecule has 0 bridgehead atoms. The first-order valence-corrected chi connectivity index (χ1v) is 6.15. The van der Waals surface area contributed by atoms with E-state index in [1.54, 1.807) is 6.08 Å². The molecule has 4 N–H and O–H groups in total. The minimum atomic E-state index is -1.27. The predicted molar refractivity (Wildman–Crippen MR) is 70.5 cm³/mol. The molecule has 20 heavy (non-hydrogen) atoms. The molecule has 8 nitrogen and oxygen atoms in total. The van der Waals surface area contributed by atoms with Crippen molar-refractivity contribution in [3.63, 3.8) is 0 Å². The molecule has 0 radical (unpaired) electrons. The number of nitrogens with one attached hydrogen (secondary N) is 2. The van der Waals surface area contributed by atoms with Gasteiger partial charge in [-0.1, -0.05) is 6.08 Å². The van der Waals surface area contributed by atoms with Gasteiger partial charge in [-0.2, -0.15) is 0 Å². The summed E-state index contributed by atoms with van der Waals surface area (Å²) in [6, 6.07) is -1.90. The standard InChI is InChI=1S/C12H20N2O6/c1-2-3-7-20-8-6-13-12(19)14-9(11(17)18)4-5-10(15)16/h2,9H,1,3-8H2,(H,15,16)(H,17,18)(H2,13,14,19)/t9-/m0/s1. The molecule has 0 aliphatic heterocycles. The van der Waals surface area contributed by atoms with E-state index in [1.165, 1.54) is 0 Å². The topological polar surface area (TPSA) is 125 Å². The third-order valence-electron chi connectivity index (χ3n) is 2.25. The average Bonchev–Trinajstić information content (AvgIpc) is 2.38. The first-order chi connectivity index (χ1) is 9.47. The van der Waals surface area contributed by atoms with Gasteiger partial charge in [-0.25, -0.2) is 9.59 Å². The van der Waals surface area contributed by atoms with Gasteiger partial charge in [0.15, 0.2) is 0 Å². The molecular weight excluding hydrogens is 268 g/mol. The Labute approximate surface area is 116 Å². The molecule has 0 heterocycles. The fourth-order valence-corrected chi connectivity index (χ4v) is 1.24. The maximum atomic E-state index is 11.4. The largest absolute Gasteiger partial charge is 0.481 e. The number of carbonyl (C=O) groups is 3. The highest BCUT2D eigenvalue weighted by Crippen LogP contribution is 1.97. The first kappa shape index (κ1) is 17.9. The van der Waals surface area contributed by atoms with Crippen LogP contribution in [-0.4, -0.2) is 54.0 Å². The second kappa shape index (κ2) is 10.8. The summed E-state index contributed by atoms with van der Waals surface area (Å²) in [5.41, 5.74) is 0. The Balaban J connectivity index is 3.86. The number of carboxylic acids is 2. The number of ether oxygens (including phenoxy) is 1. The van der Waals surface area contributed by atoms with E-state index in [1.807, 2.05) is 0 Å². The van der Waals surface area contributed by atoms with E-state index in [4.69, 9.17) is 14.9 Å². The van der Waals surface area contributed by atoms with Gasteiger partial charge in [0.25, 0.3) is 0 Å². The monoisotopic (exact) mass is 288 g/mol. The molecule has 0 rings (SSSR count). The summed E-state index contributed by atoms with van der Waals surface area (Å²) in [6.07, 6.45) is 1.92. The number of rotatable bonds is 11. The molecular formula is C12H20N2O6. The van der Waals surface area contributed by atoms with E-state index in [0.29, 0.717) is 19.6 Å². The van der Waals surface area contributed by atoms with Crippen molar-refractivity contribution in [2.24, 2.45) is 0 Å². The van der Waals surface area contributed by atoms with Gasteiger partial charge in [0.05, 0.1) is 13.2 Å². The van der Waals surface area contributed by atoms with Gasteiger partial charge in [0, 0.05) is 13.0 Å². The zero-order chi connectivity index (χ0) is 15.4. The normalized spacial score (nSPS) is 11.4. The van der Waals surface area contributed by atoms with Crippen LogP contribution in [0.3, 0.4) is 0 Å². The van der Waals surface area contributed by atoms with Crippen molar-refractivity contribution in [2.45, 2.75) is 25.3 Å². The fourth-order valence-electron chi connectivity index (χ4n) is 1.24. The molecule has 0 aromatic carbocycles. The van der Waals surface area contributed by atoms with Crippen LogP contribution in [0, 0.1) is 0 Å². The summed E-state index contributed by atoms with van der Waals surface area (Å²) in [6.45, 7) is 4.56. The summed E-state index contributed by atoms with van der Waals surface area (Å²) < 4.78 is 5.15. The Kier molecular flexibility index (Phi) is 9.67. The van der Waals surface area contributed by atoms with E-state index >= 15 is 0 Å². The lowest BCUT2D eigenvalue weighted by Crippen LogP contribution is -2.46. The number of urea groups is 1. The molecule has 0 fully saturated rings. The van der Waals surface area contributed by atoms with E-state index in [-0.39, 0.29) is 19.4 Å². The summed E-state index contributed by atoms with van der Waals surface area (Å²) in [7, 11) is 0. The molecule has 0 aromatic rings. The zero-order valence-corrected chi connectivity index (χ0v) is 11.1. The van der Waals surface area contributed by atoms with Gasteiger partial charge in [0.1, 0.15) is 6.04 Å². The Morgan fingerprint density at radius 3 is 2.50 bits per heavy atom. The highest BCUT2D eigenvalue weighted by atomic mass is 16.5. The van der Waals surface area contributed by atoms with Gasteiger partial charge >= 0.3 is 18.0 Å². The van der Waals surface area contributed by atoms with Gasteiger partial charge in [-0.3, -0.25) is 4.79 Å². The summed E-state index contributed by atoms with van der Waals surface area (Å²) >= 11 is 0. The predicted octanol–water partition coefficient (Wildman–Crippen LogP) is 0.196. The fraction of sp³-hybridized carbons (Fsp3) is 0.583. The van der Waals surface area contributed by atoms with Gasteiger partial charge in [0.2, 0.25) is 0 Å². The van der Waals surface area contributed by atoms with Crippen LogP contribution in [0.4, 0.5) is 4.79 Å². The maximum Gasteiger partial charge on any atom is 0.326 e. The summed E-state index contributed by atoms with van der Waals surface area (Å²) in [5, 5.41) is 21.9. The number of carbonyl (C=O) groups excluding carboxylic acids is 1. The minimum Gasteiger partial charge on any atom is -0.481 e. The van der Waals surface area contributed by atoms with Gasteiger partial charge < -0.3 is 25.6 Å². The third kappa shape index (κ3) is 9.89. The molecule has 0 aliphatic rings. The quantitative estimate of drug-likeness (QED) is 0.318. The third-order valence-corrected chi connectivity index (χ3v) is 2.25. The van der Waals surface area contributed by atoms with Crippen molar-refractivity contribution >= 4 is 18.0 Å². The van der Waals surface area contributed by atoms with Crippen molar-refractivity contribution in [1.29, 1.82) is 0 Å². The molecule has 0 aromatic heterocycles. The smallest absolute Gasteiger partial charge is 0.326 e. The maximum absolute atomic E-state index is 11.4. The second-order valence-electron chi connectivity index (χ2n) is 3.91. The number of hydrogen-bond acceptors (Lipinski definition) is 4. The SMILES string of the molecule is C=CCCOCCNC(=O)N[C@@H](CCC(=O)O)C(=O)O. The Morgan fingerprint density at radius 2 is 1.95 bits per heavy atom. The van der Waals surface area contributed by atoms with Crippen LogP contribution in [0.1, 0.15) is 19.3 Å². The van der Waals surface area contributed by atoms with Crippen LogP contribution in [-0.2, 0) is 14.3 Å². The summed E-state index contributed by atoms with van der Waals surface area (Å²) in [4.78, 5) is 32.6. The lowest BCUT2D eigenvalue weighted by molar-refractivity contribution is -0.140. The molecule has 1 atom stereocenters. The minimum absolute atomic E-state index is 0.173. The van der Waals surface area contributed by atoms with E-state index in [9.17, 15) is 14.4 Å². The number of amides is 2. The number of aliphatic carboxylic acids is 2. The first-order valence-electron chi connectivity index (χ1n) is 6.15. The van der Waals surface area contributed by atoms with Crippen molar-refractivity contribution in [3.05, 3.63) is 12.7 Å². The van der Waals surface area contributed by atoms with E-state index in [0.717, 1.165) is 0 Å². The lowest BCUT2D eigenvalue weighted by Gasteiger charge is -2.14. The van der Waals surface area contributed by atoms with Crippen molar-refractivity contribution in [3.8, 4) is 0 Å². The van der Waals surface area contributed by atoms with Crippen LogP contribution in [0.2, 0.25) is 0 Å². The highest BCUT2D eigenvalue weighted by Gasteiger charge is 2.20. The molecule has 0 unspecified atom stereocenters. The van der Waals surface area contributed by atoms with Gasteiger partial charge in [-0.15, -0.1) is 6.58 Å². The second-order valence-corrected chi connectivity index (χ2v) is 3.91. The van der Waals surface area contributed by atoms with Crippen LogP contribution in [0.15, 0.2) is 12.7 Å². The Hall–Kier alpha value is -2.09. The molecule has 114 valence electrons. The molecule has 2 amide bonds. The van der Waals surface area contributed by atoms with Crippen LogP contribution >= 0.6 is 0 Å². The molecule has 8 heteroatoms. The molecule has 0 saturated heterocycles. The van der Waals surface area contributed by atoms with Crippen LogP contribution < -0.4 is 10.6 Å². The highest BCUT2D eigenvalue weighted by molar-refractivity contribution is 5.82. The summed E-state index contributed by atoms with van der Waals surface area (Å²) in [5.74, 6) is -2.39. The number of carboxylic acid groups (broad SMARTS) is 2.